The molecule has 1 aromatic heterocycles. The van der Waals surface area contributed by atoms with E-state index in [4.69, 9.17) is 9.47 Å². The number of benzene rings is 2. The molecule has 0 bridgehead atoms. The molecule has 24 heavy (non-hydrogen) atoms. The van der Waals surface area contributed by atoms with Gasteiger partial charge in [0.15, 0.2) is 11.5 Å². The summed E-state index contributed by atoms with van der Waals surface area (Å²) in [6.45, 7) is 0.794. The maximum absolute atomic E-state index is 12.3. The van der Waals surface area contributed by atoms with Crippen molar-refractivity contribution in [2.45, 2.75) is 6.42 Å². The summed E-state index contributed by atoms with van der Waals surface area (Å²) in [7, 11) is 2.04. The summed E-state index contributed by atoms with van der Waals surface area (Å²) < 4.78 is 12.7. The molecular weight excluding hydrogens is 304 g/mol. The van der Waals surface area contributed by atoms with Crippen molar-refractivity contribution >= 4 is 16.8 Å². The Morgan fingerprint density at radius 3 is 2.92 bits per heavy atom. The molecule has 0 fully saturated rings. The maximum Gasteiger partial charge on any atom is 0.251 e. The summed E-state index contributed by atoms with van der Waals surface area (Å²) >= 11 is 0. The lowest BCUT2D eigenvalue weighted by atomic mass is 10.1. The number of carbonyl (C=O) groups excluding carboxylic acids is 1. The van der Waals surface area contributed by atoms with Gasteiger partial charge in [-0.05, 0) is 36.2 Å². The molecule has 122 valence electrons. The van der Waals surface area contributed by atoms with Crippen molar-refractivity contribution in [3.8, 4) is 11.5 Å². The number of rotatable bonds is 4. The Morgan fingerprint density at radius 2 is 2.00 bits per heavy atom. The highest BCUT2D eigenvalue weighted by atomic mass is 16.7. The van der Waals surface area contributed by atoms with Crippen LogP contribution in [0.4, 0.5) is 0 Å². The first-order valence-corrected chi connectivity index (χ1v) is 7.93. The van der Waals surface area contributed by atoms with E-state index in [2.05, 4.69) is 28.2 Å². The smallest absolute Gasteiger partial charge is 0.251 e. The van der Waals surface area contributed by atoms with Gasteiger partial charge in [-0.25, -0.2) is 0 Å². The van der Waals surface area contributed by atoms with E-state index < -0.39 is 0 Å². The van der Waals surface area contributed by atoms with Crippen LogP contribution < -0.4 is 14.8 Å². The molecule has 0 radical (unpaired) electrons. The first kappa shape index (κ1) is 14.6. The molecule has 3 aromatic rings. The molecule has 0 unspecified atom stereocenters. The number of ether oxygens (including phenoxy) is 2. The number of amides is 1. The van der Waals surface area contributed by atoms with Crippen LogP contribution >= 0.6 is 0 Å². The van der Waals surface area contributed by atoms with Gasteiger partial charge in [0.05, 0.1) is 0 Å². The number of fused-ring (bicyclic) bond motifs is 2. The normalized spacial score (nSPS) is 12.5. The highest BCUT2D eigenvalue weighted by molar-refractivity contribution is 5.95. The molecule has 0 saturated carbocycles. The zero-order valence-corrected chi connectivity index (χ0v) is 13.4. The quantitative estimate of drug-likeness (QED) is 0.803. The Balaban J connectivity index is 1.42. The van der Waals surface area contributed by atoms with Gasteiger partial charge < -0.3 is 19.4 Å². The summed E-state index contributed by atoms with van der Waals surface area (Å²) in [5.41, 5.74) is 3.02. The van der Waals surface area contributed by atoms with E-state index in [-0.39, 0.29) is 12.7 Å². The fourth-order valence-corrected chi connectivity index (χ4v) is 3.08. The minimum absolute atomic E-state index is 0.103. The highest BCUT2D eigenvalue weighted by Gasteiger charge is 2.16. The van der Waals surface area contributed by atoms with Gasteiger partial charge >= 0.3 is 0 Å². The number of carbonyl (C=O) groups is 1. The first-order chi connectivity index (χ1) is 11.7. The van der Waals surface area contributed by atoms with E-state index in [1.165, 1.54) is 16.5 Å². The van der Waals surface area contributed by atoms with Gasteiger partial charge in [-0.15, -0.1) is 0 Å². The molecule has 5 nitrogen and oxygen atoms in total. The van der Waals surface area contributed by atoms with Crippen molar-refractivity contribution < 1.29 is 14.3 Å². The summed E-state index contributed by atoms with van der Waals surface area (Å²) in [6.07, 6.45) is 2.91. The monoisotopic (exact) mass is 322 g/mol. The summed E-state index contributed by atoms with van der Waals surface area (Å²) in [4.78, 5) is 12.3. The van der Waals surface area contributed by atoms with Crippen LogP contribution in [0.25, 0.3) is 10.9 Å². The van der Waals surface area contributed by atoms with Gasteiger partial charge in [0.25, 0.3) is 5.91 Å². The SMILES string of the molecule is Cn1cc(CCNC(=O)c2ccc3c(c2)OCO3)c2ccccc21. The third-order valence-corrected chi connectivity index (χ3v) is 4.29. The van der Waals surface area contributed by atoms with Gasteiger partial charge in [0.2, 0.25) is 6.79 Å². The van der Waals surface area contributed by atoms with Crippen molar-refractivity contribution in [3.05, 3.63) is 59.8 Å². The number of nitrogens with one attached hydrogen (secondary N) is 1. The predicted molar refractivity (Wildman–Crippen MR) is 91.5 cm³/mol. The van der Waals surface area contributed by atoms with E-state index in [1.807, 2.05) is 19.2 Å². The van der Waals surface area contributed by atoms with Crippen LogP contribution in [0.5, 0.6) is 11.5 Å². The number of aryl methyl sites for hydroxylation is 1. The second-order valence-electron chi connectivity index (χ2n) is 5.86. The average molecular weight is 322 g/mol. The van der Waals surface area contributed by atoms with Crippen LogP contribution in [-0.2, 0) is 13.5 Å². The van der Waals surface area contributed by atoms with Crippen LogP contribution in [0.3, 0.4) is 0 Å². The Bertz CT molecular complexity index is 914. The molecule has 0 spiro atoms. The predicted octanol–water partition coefficient (Wildman–Crippen LogP) is 2.88. The van der Waals surface area contributed by atoms with Crippen molar-refractivity contribution in [1.29, 1.82) is 0 Å². The van der Waals surface area contributed by atoms with Crippen molar-refractivity contribution in [2.75, 3.05) is 13.3 Å². The van der Waals surface area contributed by atoms with Crippen molar-refractivity contribution in [2.24, 2.45) is 7.05 Å². The molecule has 0 saturated heterocycles. The maximum atomic E-state index is 12.3. The number of aromatic nitrogens is 1. The average Bonchev–Trinajstić information content (AvgIpc) is 3.19. The van der Waals surface area contributed by atoms with Gasteiger partial charge in [-0.1, -0.05) is 18.2 Å². The molecular formula is C19H18N2O3. The molecule has 2 aromatic carbocycles. The topological polar surface area (TPSA) is 52.5 Å². The van der Waals surface area contributed by atoms with Crippen LogP contribution in [0.1, 0.15) is 15.9 Å². The molecule has 5 heteroatoms. The van der Waals surface area contributed by atoms with Crippen LogP contribution in [-0.4, -0.2) is 23.8 Å². The fraction of sp³-hybridized carbons (Fsp3) is 0.211. The standard InChI is InChI=1S/C19H18N2O3/c1-21-11-14(15-4-2-3-5-16(15)21)8-9-20-19(22)13-6-7-17-18(10-13)24-12-23-17/h2-7,10-11H,8-9,12H2,1H3,(H,20,22). The van der Waals surface area contributed by atoms with E-state index in [9.17, 15) is 4.79 Å². The number of nitrogens with zero attached hydrogens (tertiary/aromatic N) is 1. The van der Waals surface area contributed by atoms with Crippen molar-refractivity contribution in [1.82, 2.24) is 9.88 Å². The lowest BCUT2D eigenvalue weighted by molar-refractivity contribution is 0.0953. The second-order valence-corrected chi connectivity index (χ2v) is 5.86. The molecule has 1 aliphatic rings. The second kappa shape index (κ2) is 5.92. The lowest BCUT2D eigenvalue weighted by Gasteiger charge is -2.06. The van der Waals surface area contributed by atoms with E-state index in [0.717, 1.165) is 6.42 Å². The van der Waals surface area contributed by atoms with E-state index >= 15 is 0 Å². The number of hydrogen-bond donors (Lipinski definition) is 1. The summed E-state index contributed by atoms with van der Waals surface area (Å²) in [5.74, 6) is 1.20. The van der Waals surface area contributed by atoms with Crippen LogP contribution in [0, 0.1) is 0 Å². The third kappa shape index (κ3) is 2.58. The minimum Gasteiger partial charge on any atom is -0.454 e. The summed E-state index contributed by atoms with van der Waals surface area (Å²) in [5, 5.41) is 4.20. The van der Waals surface area contributed by atoms with Crippen LogP contribution in [0.15, 0.2) is 48.7 Å². The molecule has 0 atom stereocenters. The number of para-hydroxylation sites is 1. The molecule has 2 heterocycles. The zero-order chi connectivity index (χ0) is 16.5. The summed E-state index contributed by atoms with van der Waals surface area (Å²) in [6, 6.07) is 13.5. The van der Waals surface area contributed by atoms with Gasteiger partial charge in [-0.3, -0.25) is 4.79 Å². The largest absolute Gasteiger partial charge is 0.454 e. The zero-order valence-electron chi connectivity index (χ0n) is 13.4. The van der Waals surface area contributed by atoms with Crippen molar-refractivity contribution in [3.63, 3.8) is 0 Å². The number of hydrogen-bond acceptors (Lipinski definition) is 3. The van der Waals surface area contributed by atoms with Gasteiger partial charge in [0, 0.05) is 36.3 Å². The highest BCUT2D eigenvalue weighted by Crippen LogP contribution is 2.32. The molecule has 0 aliphatic carbocycles. The molecule has 1 N–H and O–H groups in total. The third-order valence-electron chi connectivity index (χ3n) is 4.29. The fourth-order valence-electron chi connectivity index (χ4n) is 3.08. The van der Waals surface area contributed by atoms with E-state index in [0.29, 0.717) is 23.6 Å². The molecule has 1 aliphatic heterocycles. The Morgan fingerprint density at radius 1 is 1.17 bits per heavy atom. The Hall–Kier alpha value is -2.95. The van der Waals surface area contributed by atoms with E-state index in [1.54, 1.807) is 18.2 Å². The van der Waals surface area contributed by atoms with Gasteiger partial charge in [-0.2, -0.15) is 0 Å². The van der Waals surface area contributed by atoms with Crippen LogP contribution in [0.2, 0.25) is 0 Å². The Kier molecular flexibility index (Phi) is 3.61. The minimum atomic E-state index is -0.103. The lowest BCUT2D eigenvalue weighted by Crippen LogP contribution is -2.25. The molecule has 1 amide bonds. The van der Waals surface area contributed by atoms with Gasteiger partial charge in [0.1, 0.15) is 0 Å². The first-order valence-electron chi connectivity index (χ1n) is 7.93. The Labute approximate surface area is 139 Å². The molecule has 4 rings (SSSR count).